The first-order chi connectivity index (χ1) is 8.08. The highest BCUT2D eigenvalue weighted by atomic mass is 32.2. The highest BCUT2D eigenvalue weighted by Gasteiger charge is 2.08. The number of nitrogens with zero attached hydrogens (tertiary/aromatic N) is 1. The Morgan fingerprint density at radius 2 is 2.06 bits per heavy atom. The second kappa shape index (κ2) is 4.84. The van der Waals surface area contributed by atoms with Crippen molar-refractivity contribution in [1.82, 2.24) is 4.98 Å². The summed E-state index contributed by atoms with van der Waals surface area (Å²) in [6.07, 6.45) is 0. The summed E-state index contributed by atoms with van der Waals surface area (Å²) in [5, 5.41) is 0.724. The molecule has 2 aromatic rings. The van der Waals surface area contributed by atoms with Crippen molar-refractivity contribution in [3.05, 3.63) is 40.8 Å². The van der Waals surface area contributed by atoms with Crippen LogP contribution in [0.5, 0.6) is 0 Å². The van der Waals surface area contributed by atoms with Gasteiger partial charge in [0.15, 0.2) is 0 Å². The molecule has 0 atom stereocenters. The van der Waals surface area contributed by atoms with Crippen molar-refractivity contribution in [2.45, 2.75) is 31.7 Å². The topological polar surface area (TPSA) is 52.0 Å². The van der Waals surface area contributed by atoms with Crippen molar-refractivity contribution in [2.24, 2.45) is 0 Å². The molecule has 0 saturated carbocycles. The monoisotopic (exact) mass is 248 g/mol. The number of rotatable bonds is 3. The van der Waals surface area contributed by atoms with Gasteiger partial charge in [-0.15, -0.1) is 0 Å². The van der Waals surface area contributed by atoms with E-state index in [1.807, 2.05) is 32.9 Å². The Bertz CT molecular complexity index is 515. The number of benzene rings is 1. The van der Waals surface area contributed by atoms with Gasteiger partial charge in [0.1, 0.15) is 5.76 Å². The van der Waals surface area contributed by atoms with Gasteiger partial charge in [-0.2, -0.15) is 0 Å². The molecule has 90 valence electrons. The van der Waals surface area contributed by atoms with Crippen molar-refractivity contribution in [2.75, 3.05) is 5.73 Å². The van der Waals surface area contributed by atoms with E-state index in [4.69, 9.17) is 10.2 Å². The lowest BCUT2D eigenvalue weighted by Crippen LogP contribution is -1.93. The molecule has 0 radical (unpaired) electrons. The van der Waals surface area contributed by atoms with Crippen molar-refractivity contribution in [3.8, 4) is 0 Å². The van der Waals surface area contributed by atoms with Crippen LogP contribution in [0.1, 0.15) is 22.6 Å². The molecule has 0 unspecified atom stereocenters. The molecule has 0 spiro atoms. The highest BCUT2D eigenvalue weighted by molar-refractivity contribution is 7.98. The number of anilines is 1. The summed E-state index contributed by atoms with van der Waals surface area (Å²) in [7, 11) is 0. The van der Waals surface area contributed by atoms with Gasteiger partial charge in [-0.25, -0.2) is 4.98 Å². The Balaban J connectivity index is 2.10. The van der Waals surface area contributed by atoms with Gasteiger partial charge in [-0.3, -0.25) is 0 Å². The molecular weight excluding hydrogens is 232 g/mol. The molecule has 1 heterocycles. The highest BCUT2D eigenvalue weighted by Crippen LogP contribution is 2.26. The third-order valence-electron chi connectivity index (χ3n) is 2.85. The average Bonchev–Trinajstić information content (AvgIpc) is 2.61. The van der Waals surface area contributed by atoms with E-state index < -0.39 is 0 Å². The van der Waals surface area contributed by atoms with E-state index in [-0.39, 0.29) is 0 Å². The Hall–Kier alpha value is -1.42. The normalized spacial score (nSPS) is 10.8. The standard InChI is InChI=1S/C13H16N2OS/c1-8-11(5-4-6-12(8)14)7-17-13-15-9(2)10(3)16-13/h4-6H,7,14H2,1-3H3. The van der Waals surface area contributed by atoms with Crippen LogP contribution < -0.4 is 5.73 Å². The van der Waals surface area contributed by atoms with Gasteiger partial charge in [0.2, 0.25) is 0 Å². The van der Waals surface area contributed by atoms with Gasteiger partial charge in [-0.1, -0.05) is 23.9 Å². The summed E-state index contributed by atoms with van der Waals surface area (Å²) in [6, 6.07) is 5.98. The Morgan fingerprint density at radius 3 is 2.71 bits per heavy atom. The first kappa shape index (κ1) is 12.0. The maximum Gasteiger partial charge on any atom is 0.256 e. The molecule has 2 N–H and O–H groups in total. The predicted octanol–water partition coefficient (Wildman–Crippen LogP) is 3.47. The lowest BCUT2D eigenvalue weighted by Gasteiger charge is -2.06. The summed E-state index contributed by atoms with van der Waals surface area (Å²) in [5.74, 6) is 1.72. The molecule has 17 heavy (non-hydrogen) atoms. The zero-order valence-corrected chi connectivity index (χ0v) is 11.1. The maximum atomic E-state index is 5.87. The minimum Gasteiger partial charge on any atom is -0.437 e. The quantitative estimate of drug-likeness (QED) is 0.667. The summed E-state index contributed by atoms with van der Waals surface area (Å²) in [4.78, 5) is 4.34. The van der Waals surface area contributed by atoms with Gasteiger partial charge in [-0.05, 0) is 38.0 Å². The van der Waals surface area contributed by atoms with E-state index in [9.17, 15) is 0 Å². The number of aromatic nitrogens is 1. The third kappa shape index (κ3) is 2.64. The van der Waals surface area contributed by atoms with Crippen LogP contribution in [0.2, 0.25) is 0 Å². The number of aryl methyl sites for hydroxylation is 2. The summed E-state index contributed by atoms with van der Waals surface area (Å²) in [5.41, 5.74) is 10.0. The zero-order valence-electron chi connectivity index (χ0n) is 10.3. The number of hydrogen-bond donors (Lipinski definition) is 1. The maximum absolute atomic E-state index is 5.87. The fraction of sp³-hybridized carbons (Fsp3) is 0.308. The van der Waals surface area contributed by atoms with Gasteiger partial charge < -0.3 is 10.2 Å². The van der Waals surface area contributed by atoms with Gasteiger partial charge in [0.05, 0.1) is 5.69 Å². The van der Waals surface area contributed by atoms with Crippen LogP contribution in [0.3, 0.4) is 0 Å². The van der Waals surface area contributed by atoms with Crippen LogP contribution in [0.15, 0.2) is 27.8 Å². The van der Waals surface area contributed by atoms with Crippen molar-refractivity contribution >= 4 is 17.4 Å². The van der Waals surface area contributed by atoms with Crippen LogP contribution in [-0.2, 0) is 5.75 Å². The van der Waals surface area contributed by atoms with E-state index in [1.54, 1.807) is 11.8 Å². The molecule has 0 bridgehead atoms. The van der Waals surface area contributed by atoms with E-state index >= 15 is 0 Å². The SMILES string of the molecule is Cc1nc(SCc2cccc(N)c2C)oc1C. The molecule has 2 rings (SSSR count). The molecule has 1 aromatic carbocycles. The minimum absolute atomic E-state index is 0.724. The molecule has 3 nitrogen and oxygen atoms in total. The average molecular weight is 248 g/mol. The van der Waals surface area contributed by atoms with E-state index in [0.29, 0.717) is 0 Å². The van der Waals surface area contributed by atoms with Crippen LogP contribution >= 0.6 is 11.8 Å². The van der Waals surface area contributed by atoms with E-state index in [1.165, 1.54) is 5.56 Å². The van der Waals surface area contributed by atoms with Crippen LogP contribution in [0.4, 0.5) is 5.69 Å². The molecular formula is C13H16N2OS. The van der Waals surface area contributed by atoms with Gasteiger partial charge in [0, 0.05) is 11.4 Å². The first-order valence-corrected chi connectivity index (χ1v) is 6.47. The Labute approximate surface area is 105 Å². The van der Waals surface area contributed by atoms with Crippen molar-refractivity contribution < 1.29 is 4.42 Å². The molecule has 0 aliphatic rings. The molecule has 0 amide bonds. The van der Waals surface area contributed by atoms with Gasteiger partial charge >= 0.3 is 0 Å². The number of hydrogen-bond acceptors (Lipinski definition) is 4. The number of oxazole rings is 1. The molecule has 0 aliphatic heterocycles. The fourth-order valence-electron chi connectivity index (χ4n) is 1.50. The second-order valence-electron chi connectivity index (χ2n) is 4.04. The van der Waals surface area contributed by atoms with Gasteiger partial charge in [0.25, 0.3) is 5.22 Å². The second-order valence-corrected chi connectivity index (χ2v) is 4.97. The smallest absolute Gasteiger partial charge is 0.256 e. The Morgan fingerprint density at radius 1 is 1.29 bits per heavy atom. The summed E-state index contributed by atoms with van der Waals surface area (Å²) >= 11 is 1.60. The predicted molar refractivity (Wildman–Crippen MR) is 71.1 cm³/mol. The molecule has 0 saturated heterocycles. The van der Waals surface area contributed by atoms with Crippen LogP contribution in [0.25, 0.3) is 0 Å². The number of nitrogen functional groups attached to an aromatic ring is 1. The Kier molecular flexibility index (Phi) is 3.43. The molecule has 1 aromatic heterocycles. The minimum atomic E-state index is 0.724. The lowest BCUT2D eigenvalue weighted by molar-refractivity contribution is 0.431. The zero-order chi connectivity index (χ0) is 12.4. The molecule has 0 fully saturated rings. The number of nitrogens with two attached hydrogens (primary N) is 1. The lowest BCUT2D eigenvalue weighted by atomic mass is 10.1. The van der Waals surface area contributed by atoms with Crippen molar-refractivity contribution in [3.63, 3.8) is 0 Å². The largest absolute Gasteiger partial charge is 0.437 e. The summed E-state index contributed by atoms with van der Waals surface area (Å²) < 4.78 is 5.53. The van der Waals surface area contributed by atoms with E-state index in [0.717, 1.165) is 33.7 Å². The molecule has 0 aliphatic carbocycles. The number of thioether (sulfide) groups is 1. The van der Waals surface area contributed by atoms with Crippen molar-refractivity contribution in [1.29, 1.82) is 0 Å². The third-order valence-corrected chi connectivity index (χ3v) is 3.72. The first-order valence-electron chi connectivity index (χ1n) is 5.48. The summed E-state index contributed by atoms with van der Waals surface area (Å²) in [6.45, 7) is 5.92. The van der Waals surface area contributed by atoms with Crippen LogP contribution in [-0.4, -0.2) is 4.98 Å². The molecule has 4 heteroatoms. The van der Waals surface area contributed by atoms with Crippen LogP contribution in [0, 0.1) is 20.8 Å². The fourth-order valence-corrected chi connectivity index (χ4v) is 2.48. The van der Waals surface area contributed by atoms with E-state index in [2.05, 4.69) is 11.1 Å².